The lowest BCUT2D eigenvalue weighted by Crippen LogP contribution is -2.15. The van der Waals surface area contributed by atoms with Gasteiger partial charge in [-0.05, 0) is 31.9 Å². The topological polar surface area (TPSA) is 46.9 Å². The molecule has 0 radical (unpaired) electrons. The Bertz CT molecular complexity index is 732. The van der Waals surface area contributed by atoms with Gasteiger partial charge in [0.15, 0.2) is 0 Å². The molecular weight excluding hydrogens is 281 g/mol. The van der Waals surface area contributed by atoms with Crippen LogP contribution < -0.4 is 5.32 Å². The molecule has 0 aliphatic rings. The van der Waals surface area contributed by atoms with E-state index < -0.39 is 11.9 Å². The molecule has 116 valence electrons. The molecule has 0 bridgehead atoms. The highest BCUT2D eigenvalue weighted by Gasteiger charge is 2.21. The zero-order chi connectivity index (χ0) is 16.3. The summed E-state index contributed by atoms with van der Waals surface area (Å²) >= 11 is 0. The molecule has 2 rings (SSSR count). The van der Waals surface area contributed by atoms with Gasteiger partial charge in [-0.25, -0.2) is 4.68 Å². The zero-order valence-electron chi connectivity index (χ0n) is 13.3. The predicted octanol–water partition coefficient (Wildman–Crippen LogP) is 3.93. The van der Waals surface area contributed by atoms with Gasteiger partial charge in [0.25, 0.3) is 5.91 Å². The summed E-state index contributed by atoms with van der Waals surface area (Å²) in [6.45, 7) is 5.63. The first-order valence-corrected chi connectivity index (χ1v) is 7.24. The van der Waals surface area contributed by atoms with Crippen LogP contribution >= 0.6 is 0 Å². The van der Waals surface area contributed by atoms with Gasteiger partial charge in [-0.2, -0.15) is 9.49 Å². The predicted molar refractivity (Wildman–Crippen MR) is 86.2 cm³/mol. The Morgan fingerprint density at radius 2 is 2.09 bits per heavy atom. The fourth-order valence-electron chi connectivity index (χ4n) is 2.49. The molecule has 1 amide bonds. The number of aromatic nitrogens is 2. The van der Waals surface area contributed by atoms with Crippen molar-refractivity contribution in [2.24, 2.45) is 7.05 Å². The van der Waals surface area contributed by atoms with Crippen LogP contribution in [0.3, 0.4) is 0 Å². The number of halogens is 1. The van der Waals surface area contributed by atoms with Gasteiger partial charge in [-0.1, -0.05) is 31.2 Å². The Morgan fingerprint density at radius 3 is 2.64 bits per heavy atom. The van der Waals surface area contributed by atoms with E-state index in [1.165, 1.54) is 7.05 Å². The lowest BCUT2D eigenvalue weighted by molar-refractivity contribution is 0.102. The summed E-state index contributed by atoms with van der Waals surface area (Å²) in [6, 6.07) is 7.52. The number of allylic oxidation sites excluding steroid dienone is 2. The van der Waals surface area contributed by atoms with Gasteiger partial charge in [0, 0.05) is 18.3 Å². The summed E-state index contributed by atoms with van der Waals surface area (Å²) in [5, 5.41) is 6.73. The largest absolute Gasteiger partial charge is 0.321 e. The number of benzene rings is 1. The molecule has 0 fully saturated rings. The van der Waals surface area contributed by atoms with Crippen molar-refractivity contribution in [2.45, 2.75) is 27.2 Å². The molecule has 22 heavy (non-hydrogen) atoms. The van der Waals surface area contributed by atoms with Gasteiger partial charge in [0.2, 0.25) is 5.95 Å². The Morgan fingerprint density at radius 1 is 1.41 bits per heavy atom. The average molecular weight is 301 g/mol. The molecule has 0 saturated heterocycles. The maximum atomic E-state index is 14.0. The van der Waals surface area contributed by atoms with E-state index >= 15 is 0 Å². The maximum Gasteiger partial charge on any atom is 0.262 e. The molecule has 0 spiro atoms. The number of nitrogens with zero attached hydrogens (tertiary/aromatic N) is 2. The number of carbonyl (C=O) groups excluding carboxylic acids is 1. The standard InChI is InChI=1S/C17H20FN3O/c1-5-12(6-2)13-9-7-8-10-14(13)19-17(22)15-11(3)20-21(4)16(15)18/h5,7-10H,6H2,1-4H3,(H,19,22). The van der Waals surface area contributed by atoms with Crippen molar-refractivity contribution in [3.05, 3.63) is 53.1 Å². The normalized spacial score (nSPS) is 11.6. The van der Waals surface area contributed by atoms with Gasteiger partial charge < -0.3 is 5.32 Å². The van der Waals surface area contributed by atoms with E-state index in [4.69, 9.17) is 0 Å². The molecule has 1 heterocycles. The number of nitrogens with one attached hydrogen (secondary N) is 1. The van der Waals surface area contributed by atoms with Gasteiger partial charge in [-0.3, -0.25) is 4.79 Å². The molecule has 0 atom stereocenters. The molecule has 1 aromatic carbocycles. The average Bonchev–Trinajstić information content (AvgIpc) is 2.75. The van der Waals surface area contributed by atoms with Crippen LogP contribution in [0.4, 0.5) is 10.1 Å². The Balaban J connectivity index is 2.37. The summed E-state index contributed by atoms with van der Waals surface area (Å²) in [4.78, 5) is 12.4. The molecular formula is C17H20FN3O. The smallest absolute Gasteiger partial charge is 0.262 e. The van der Waals surface area contributed by atoms with E-state index in [0.717, 1.165) is 22.2 Å². The van der Waals surface area contributed by atoms with Crippen LogP contribution in [0.1, 0.15) is 41.9 Å². The van der Waals surface area contributed by atoms with Crippen molar-refractivity contribution in [1.29, 1.82) is 0 Å². The first kappa shape index (κ1) is 15.9. The van der Waals surface area contributed by atoms with Crippen molar-refractivity contribution in [3.63, 3.8) is 0 Å². The summed E-state index contributed by atoms with van der Waals surface area (Å²) in [6.07, 6.45) is 2.87. The van der Waals surface area contributed by atoms with Crippen LogP contribution in [0.15, 0.2) is 30.3 Å². The molecule has 0 saturated carbocycles. The van der Waals surface area contributed by atoms with Crippen LogP contribution in [-0.2, 0) is 7.05 Å². The molecule has 5 heteroatoms. The lowest BCUT2D eigenvalue weighted by Gasteiger charge is -2.12. The zero-order valence-corrected chi connectivity index (χ0v) is 13.3. The third-order valence-corrected chi connectivity index (χ3v) is 3.63. The van der Waals surface area contributed by atoms with Gasteiger partial charge in [0.1, 0.15) is 5.56 Å². The third kappa shape index (κ3) is 2.93. The third-order valence-electron chi connectivity index (χ3n) is 3.63. The Kier molecular flexibility index (Phi) is 4.75. The highest BCUT2D eigenvalue weighted by Crippen LogP contribution is 2.27. The molecule has 0 aliphatic carbocycles. The second-order valence-electron chi connectivity index (χ2n) is 5.04. The lowest BCUT2D eigenvalue weighted by atomic mass is 10.0. The summed E-state index contributed by atoms with van der Waals surface area (Å²) < 4.78 is 15.1. The van der Waals surface area contributed by atoms with Crippen LogP contribution in [0.25, 0.3) is 5.57 Å². The number of hydrogen-bond acceptors (Lipinski definition) is 2. The number of para-hydroxylation sites is 1. The quantitative estimate of drug-likeness (QED) is 0.930. The number of hydrogen-bond donors (Lipinski definition) is 1. The second kappa shape index (κ2) is 6.56. The molecule has 2 aromatic rings. The number of anilines is 1. The summed E-state index contributed by atoms with van der Waals surface area (Å²) in [5.74, 6) is -1.11. The number of carbonyl (C=O) groups is 1. The van der Waals surface area contributed by atoms with E-state index in [-0.39, 0.29) is 5.56 Å². The van der Waals surface area contributed by atoms with Crippen LogP contribution in [-0.4, -0.2) is 15.7 Å². The first-order chi connectivity index (χ1) is 10.5. The van der Waals surface area contributed by atoms with E-state index in [2.05, 4.69) is 17.3 Å². The van der Waals surface area contributed by atoms with Crippen molar-refractivity contribution in [2.75, 3.05) is 5.32 Å². The Labute approximate surface area is 129 Å². The van der Waals surface area contributed by atoms with Crippen molar-refractivity contribution < 1.29 is 9.18 Å². The number of amides is 1. The monoisotopic (exact) mass is 301 g/mol. The fourth-order valence-corrected chi connectivity index (χ4v) is 2.49. The molecule has 1 N–H and O–H groups in total. The van der Waals surface area contributed by atoms with Gasteiger partial charge >= 0.3 is 0 Å². The first-order valence-electron chi connectivity index (χ1n) is 7.24. The van der Waals surface area contributed by atoms with Crippen molar-refractivity contribution in [3.8, 4) is 0 Å². The maximum absolute atomic E-state index is 14.0. The van der Waals surface area contributed by atoms with Crippen molar-refractivity contribution in [1.82, 2.24) is 9.78 Å². The second-order valence-corrected chi connectivity index (χ2v) is 5.04. The van der Waals surface area contributed by atoms with Gasteiger partial charge in [0.05, 0.1) is 5.69 Å². The number of rotatable bonds is 4. The highest BCUT2D eigenvalue weighted by molar-refractivity contribution is 6.06. The van der Waals surface area contributed by atoms with Crippen LogP contribution in [0.2, 0.25) is 0 Å². The van der Waals surface area contributed by atoms with Crippen LogP contribution in [0.5, 0.6) is 0 Å². The molecule has 0 aliphatic heterocycles. The van der Waals surface area contributed by atoms with E-state index in [1.54, 1.807) is 6.92 Å². The number of aryl methyl sites for hydroxylation is 2. The highest BCUT2D eigenvalue weighted by atomic mass is 19.1. The summed E-state index contributed by atoms with van der Waals surface area (Å²) in [7, 11) is 1.47. The molecule has 1 aromatic heterocycles. The van der Waals surface area contributed by atoms with E-state index in [9.17, 15) is 9.18 Å². The minimum absolute atomic E-state index is 0.0178. The Hall–Kier alpha value is -2.43. The van der Waals surface area contributed by atoms with E-state index in [1.807, 2.05) is 37.3 Å². The minimum Gasteiger partial charge on any atom is -0.321 e. The molecule has 4 nitrogen and oxygen atoms in total. The summed E-state index contributed by atoms with van der Waals surface area (Å²) in [5.41, 5.74) is 3.10. The SMILES string of the molecule is CC=C(CC)c1ccccc1NC(=O)c1c(C)nn(C)c1F. The van der Waals surface area contributed by atoms with Crippen molar-refractivity contribution >= 4 is 17.2 Å². The van der Waals surface area contributed by atoms with Gasteiger partial charge in [-0.15, -0.1) is 0 Å². The fraction of sp³-hybridized carbons (Fsp3) is 0.294. The minimum atomic E-state index is -0.630. The van der Waals surface area contributed by atoms with Crippen LogP contribution in [0, 0.1) is 12.9 Å². The van der Waals surface area contributed by atoms with E-state index in [0.29, 0.717) is 11.4 Å². The molecule has 0 unspecified atom stereocenters.